The molecule has 1 atom stereocenters. The highest BCUT2D eigenvalue weighted by atomic mass is 16.2. The van der Waals surface area contributed by atoms with Crippen molar-refractivity contribution in [1.29, 1.82) is 0 Å². The van der Waals surface area contributed by atoms with Gasteiger partial charge in [0.1, 0.15) is 0 Å². The number of amides is 1. The Hall–Kier alpha value is -1.35. The van der Waals surface area contributed by atoms with Gasteiger partial charge >= 0.3 is 0 Å². The Balaban J connectivity index is 1.91. The molecular weight excluding hydrogens is 236 g/mol. The minimum Gasteiger partial charge on any atom is -0.323 e. The number of rotatable bonds is 2. The third-order valence-corrected chi connectivity index (χ3v) is 5.04. The molecular formula is C16H22N2O. The first-order chi connectivity index (χ1) is 9.01. The molecule has 1 aliphatic heterocycles. The Kier molecular flexibility index (Phi) is 2.90. The molecule has 0 saturated heterocycles. The summed E-state index contributed by atoms with van der Waals surface area (Å²) in [5.74, 6) is 0.174. The van der Waals surface area contributed by atoms with Crippen molar-refractivity contribution in [3.63, 3.8) is 0 Å². The molecule has 0 radical (unpaired) electrons. The van der Waals surface area contributed by atoms with E-state index in [1.807, 2.05) is 13.1 Å². The SMILES string of the molecule is CN1C(=O)Cc2cc(C(N)C3(C)CCCC3)ccc21. The molecule has 0 bridgehead atoms. The van der Waals surface area contributed by atoms with Gasteiger partial charge in [-0.1, -0.05) is 31.9 Å². The molecule has 3 heteroatoms. The minimum absolute atomic E-state index is 0.0845. The molecule has 19 heavy (non-hydrogen) atoms. The Morgan fingerprint density at radius 1 is 1.32 bits per heavy atom. The van der Waals surface area contributed by atoms with E-state index in [0.29, 0.717) is 6.42 Å². The van der Waals surface area contributed by atoms with E-state index in [1.54, 1.807) is 4.90 Å². The molecule has 3 rings (SSSR count). The molecule has 0 spiro atoms. The quantitative estimate of drug-likeness (QED) is 0.886. The highest BCUT2D eigenvalue weighted by molar-refractivity contribution is 6.00. The van der Waals surface area contributed by atoms with Crippen LogP contribution in [0.5, 0.6) is 0 Å². The summed E-state index contributed by atoms with van der Waals surface area (Å²) in [6.45, 7) is 2.30. The first-order valence-electron chi connectivity index (χ1n) is 7.16. The number of nitrogens with zero attached hydrogens (tertiary/aromatic N) is 1. The number of hydrogen-bond acceptors (Lipinski definition) is 2. The standard InChI is InChI=1S/C16H22N2O/c1-16(7-3-4-8-16)15(17)11-5-6-13-12(9-11)10-14(19)18(13)2/h5-6,9,15H,3-4,7-8,10,17H2,1-2H3. The molecule has 0 aromatic heterocycles. The molecule has 3 nitrogen and oxygen atoms in total. The van der Waals surface area contributed by atoms with Gasteiger partial charge in [-0.15, -0.1) is 0 Å². The second-order valence-corrected chi connectivity index (χ2v) is 6.36. The van der Waals surface area contributed by atoms with Crippen molar-refractivity contribution in [2.75, 3.05) is 11.9 Å². The summed E-state index contributed by atoms with van der Waals surface area (Å²) in [6, 6.07) is 6.38. The Morgan fingerprint density at radius 2 is 2.00 bits per heavy atom. The van der Waals surface area contributed by atoms with Gasteiger partial charge in [-0.05, 0) is 35.4 Å². The van der Waals surface area contributed by atoms with Crippen LogP contribution in [0.2, 0.25) is 0 Å². The predicted octanol–water partition coefficient (Wildman–Crippen LogP) is 2.79. The average molecular weight is 258 g/mol. The third-order valence-electron chi connectivity index (χ3n) is 5.04. The first kappa shape index (κ1) is 12.7. The van der Waals surface area contributed by atoms with Gasteiger partial charge in [0.05, 0.1) is 6.42 Å². The van der Waals surface area contributed by atoms with Gasteiger partial charge < -0.3 is 10.6 Å². The van der Waals surface area contributed by atoms with Crippen LogP contribution in [0.1, 0.15) is 49.8 Å². The maximum atomic E-state index is 11.7. The van der Waals surface area contributed by atoms with Crippen molar-refractivity contribution in [2.24, 2.45) is 11.1 Å². The second kappa shape index (κ2) is 4.34. The fourth-order valence-corrected chi connectivity index (χ4v) is 3.58. The van der Waals surface area contributed by atoms with Gasteiger partial charge in [0.15, 0.2) is 0 Å². The van der Waals surface area contributed by atoms with Gasteiger partial charge in [-0.25, -0.2) is 0 Å². The molecule has 1 amide bonds. The molecule has 2 N–H and O–H groups in total. The van der Waals surface area contributed by atoms with Crippen LogP contribution in [-0.4, -0.2) is 13.0 Å². The summed E-state index contributed by atoms with van der Waals surface area (Å²) in [5, 5.41) is 0. The third kappa shape index (κ3) is 1.96. The molecule has 1 unspecified atom stereocenters. The monoisotopic (exact) mass is 258 g/mol. The van der Waals surface area contributed by atoms with Gasteiger partial charge in [0.25, 0.3) is 0 Å². The number of hydrogen-bond donors (Lipinski definition) is 1. The smallest absolute Gasteiger partial charge is 0.231 e. The zero-order chi connectivity index (χ0) is 13.6. The van der Waals surface area contributed by atoms with E-state index < -0.39 is 0 Å². The summed E-state index contributed by atoms with van der Waals surface area (Å²) in [7, 11) is 1.84. The zero-order valence-electron chi connectivity index (χ0n) is 11.8. The largest absolute Gasteiger partial charge is 0.323 e. The summed E-state index contributed by atoms with van der Waals surface area (Å²) in [5.41, 5.74) is 10.1. The fourth-order valence-electron chi connectivity index (χ4n) is 3.58. The maximum Gasteiger partial charge on any atom is 0.231 e. The van der Waals surface area contributed by atoms with Crippen molar-refractivity contribution < 1.29 is 4.79 Å². The van der Waals surface area contributed by atoms with Crippen LogP contribution in [0.25, 0.3) is 0 Å². The number of carbonyl (C=O) groups excluding carboxylic acids is 1. The van der Waals surface area contributed by atoms with Crippen LogP contribution in [0.4, 0.5) is 5.69 Å². The lowest BCUT2D eigenvalue weighted by Gasteiger charge is -2.31. The molecule has 1 fully saturated rings. The first-order valence-corrected chi connectivity index (χ1v) is 7.16. The number of anilines is 1. The summed E-state index contributed by atoms with van der Waals surface area (Å²) in [4.78, 5) is 13.5. The van der Waals surface area contributed by atoms with Gasteiger partial charge in [-0.2, -0.15) is 0 Å². The van der Waals surface area contributed by atoms with Crippen LogP contribution in [0.3, 0.4) is 0 Å². The normalized spacial score (nSPS) is 22.7. The number of likely N-dealkylation sites (N-methyl/N-ethyl adjacent to an activating group) is 1. The Bertz CT molecular complexity index is 517. The Morgan fingerprint density at radius 3 is 2.68 bits per heavy atom. The average Bonchev–Trinajstić information content (AvgIpc) is 2.95. The van der Waals surface area contributed by atoms with Crippen molar-refractivity contribution >= 4 is 11.6 Å². The molecule has 2 aliphatic rings. The molecule has 1 heterocycles. The van der Waals surface area contributed by atoms with Crippen LogP contribution in [0, 0.1) is 5.41 Å². The van der Waals surface area contributed by atoms with Crippen LogP contribution < -0.4 is 10.6 Å². The number of benzene rings is 1. The van der Waals surface area contributed by atoms with E-state index in [0.717, 1.165) is 11.3 Å². The molecule has 1 saturated carbocycles. The van der Waals surface area contributed by atoms with Crippen LogP contribution >= 0.6 is 0 Å². The van der Waals surface area contributed by atoms with Crippen molar-refractivity contribution in [2.45, 2.75) is 45.1 Å². The number of carbonyl (C=O) groups is 1. The summed E-state index contributed by atoms with van der Waals surface area (Å²) >= 11 is 0. The van der Waals surface area contributed by atoms with Crippen molar-refractivity contribution in [3.8, 4) is 0 Å². The topological polar surface area (TPSA) is 46.3 Å². The Labute approximate surface area is 114 Å². The van der Waals surface area contributed by atoms with Crippen LogP contribution in [0.15, 0.2) is 18.2 Å². The lowest BCUT2D eigenvalue weighted by Crippen LogP contribution is -2.29. The van der Waals surface area contributed by atoms with E-state index in [2.05, 4.69) is 19.1 Å². The lowest BCUT2D eigenvalue weighted by molar-refractivity contribution is -0.117. The van der Waals surface area contributed by atoms with E-state index in [9.17, 15) is 4.79 Å². The van der Waals surface area contributed by atoms with E-state index in [1.165, 1.54) is 31.2 Å². The van der Waals surface area contributed by atoms with Gasteiger partial charge in [0.2, 0.25) is 5.91 Å². The second-order valence-electron chi connectivity index (χ2n) is 6.36. The highest BCUT2D eigenvalue weighted by Gasteiger charge is 2.36. The number of nitrogens with two attached hydrogens (primary N) is 1. The zero-order valence-corrected chi connectivity index (χ0v) is 11.8. The predicted molar refractivity (Wildman–Crippen MR) is 77.1 cm³/mol. The van der Waals surface area contributed by atoms with Crippen molar-refractivity contribution in [3.05, 3.63) is 29.3 Å². The van der Waals surface area contributed by atoms with Gasteiger partial charge in [-0.3, -0.25) is 4.79 Å². The van der Waals surface area contributed by atoms with Gasteiger partial charge in [0, 0.05) is 18.8 Å². The summed E-state index contributed by atoms with van der Waals surface area (Å²) < 4.78 is 0. The highest BCUT2D eigenvalue weighted by Crippen LogP contribution is 2.46. The number of fused-ring (bicyclic) bond motifs is 1. The van der Waals surface area contributed by atoms with E-state index in [4.69, 9.17) is 5.73 Å². The van der Waals surface area contributed by atoms with E-state index in [-0.39, 0.29) is 17.4 Å². The van der Waals surface area contributed by atoms with Crippen molar-refractivity contribution in [1.82, 2.24) is 0 Å². The lowest BCUT2D eigenvalue weighted by atomic mass is 9.77. The van der Waals surface area contributed by atoms with E-state index >= 15 is 0 Å². The minimum atomic E-state index is 0.0845. The summed E-state index contributed by atoms with van der Waals surface area (Å²) in [6.07, 6.45) is 5.52. The molecule has 1 aliphatic carbocycles. The van der Waals surface area contributed by atoms with Crippen LogP contribution in [-0.2, 0) is 11.2 Å². The molecule has 102 valence electrons. The molecule has 1 aromatic carbocycles. The fraction of sp³-hybridized carbons (Fsp3) is 0.562. The maximum absolute atomic E-state index is 11.7. The molecule has 1 aromatic rings.